The topological polar surface area (TPSA) is 105 Å². The minimum absolute atomic E-state index is 0.0220. The van der Waals surface area contributed by atoms with E-state index in [-0.39, 0.29) is 18.4 Å². The Hall–Kier alpha value is -3.39. The zero-order valence-corrected chi connectivity index (χ0v) is 18.2. The maximum absolute atomic E-state index is 12.2. The van der Waals surface area contributed by atoms with Crippen molar-refractivity contribution >= 4 is 46.0 Å². The summed E-state index contributed by atoms with van der Waals surface area (Å²) in [6.45, 7) is 3.93. The lowest BCUT2D eigenvalue weighted by atomic mass is 10.0. The summed E-state index contributed by atoms with van der Waals surface area (Å²) in [7, 11) is 1.35. The van der Waals surface area contributed by atoms with Gasteiger partial charge in [-0.15, -0.1) is 0 Å². The molecule has 0 spiro atoms. The molecule has 1 heterocycles. The molecule has 1 aromatic heterocycles. The summed E-state index contributed by atoms with van der Waals surface area (Å²) in [6.07, 6.45) is 0. The smallest absolute Gasteiger partial charge is 0.328 e. The molecule has 0 aliphatic heterocycles. The number of carbonyl (C=O) groups is 2. The first-order valence-electron chi connectivity index (χ1n) is 9.78. The van der Waals surface area contributed by atoms with Gasteiger partial charge in [-0.05, 0) is 36.2 Å². The number of methoxy groups -OCH3 is 1. The molecule has 3 N–H and O–H groups in total. The van der Waals surface area contributed by atoms with Gasteiger partial charge in [0, 0.05) is 16.1 Å². The molecule has 0 aliphatic carbocycles. The minimum atomic E-state index is -0.574. The van der Waals surface area contributed by atoms with Crippen LogP contribution in [0.15, 0.2) is 48.5 Å². The van der Waals surface area contributed by atoms with Gasteiger partial charge in [0.05, 0.1) is 19.2 Å². The first-order valence-corrected chi connectivity index (χ1v) is 10.2. The van der Waals surface area contributed by atoms with Crippen LogP contribution in [0.2, 0.25) is 5.02 Å². The third-order valence-corrected chi connectivity index (χ3v) is 4.79. The van der Waals surface area contributed by atoms with E-state index in [1.807, 2.05) is 38.1 Å². The average molecular weight is 442 g/mol. The van der Waals surface area contributed by atoms with E-state index in [0.717, 1.165) is 5.39 Å². The summed E-state index contributed by atoms with van der Waals surface area (Å²) < 4.78 is 4.91. The highest BCUT2D eigenvalue weighted by atomic mass is 35.5. The van der Waals surface area contributed by atoms with Crippen LogP contribution in [0.5, 0.6) is 0 Å². The fourth-order valence-electron chi connectivity index (χ4n) is 2.99. The number of anilines is 2. The van der Waals surface area contributed by atoms with Crippen LogP contribution < -0.4 is 16.0 Å². The van der Waals surface area contributed by atoms with Crippen molar-refractivity contribution in [1.82, 2.24) is 15.3 Å². The van der Waals surface area contributed by atoms with Crippen LogP contribution in [0.3, 0.4) is 0 Å². The van der Waals surface area contributed by atoms with Gasteiger partial charge in [0.2, 0.25) is 0 Å². The van der Waals surface area contributed by atoms with Crippen LogP contribution in [0.1, 0.15) is 19.7 Å². The standard InChI is InChI=1S/C22H24ClN5O3/c1-13(2)19(21(29)31-3)28-20-16-9-4-5-10-17(16)26-18(27-20)12-24-22(30)25-15-8-6-7-14(23)11-15/h4-11,13,19H,12H2,1-3H3,(H2,24,25,30)(H,26,27,28)/t19-/m0/s1. The lowest BCUT2D eigenvalue weighted by Crippen LogP contribution is -2.36. The van der Waals surface area contributed by atoms with Crippen molar-refractivity contribution in [3.05, 3.63) is 59.4 Å². The van der Waals surface area contributed by atoms with E-state index in [1.165, 1.54) is 7.11 Å². The summed E-state index contributed by atoms with van der Waals surface area (Å²) in [5.74, 6) is 0.501. The van der Waals surface area contributed by atoms with Crippen LogP contribution in [0, 0.1) is 5.92 Å². The maximum atomic E-state index is 12.2. The monoisotopic (exact) mass is 441 g/mol. The predicted octanol–water partition coefficient (Wildman–Crippen LogP) is 4.21. The van der Waals surface area contributed by atoms with Gasteiger partial charge in [-0.1, -0.05) is 43.6 Å². The molecule has 31 heavy (non-hydrogen) atoms. The molecule has 9 heteroatoms. The number of fused-ring (bicyclic) bond motifs is 1. The fraction of sp³-hybridized carbons (Fsp3) is 0.273. The molecule has 0 unspecified atom stereocenters. The number of carbonyl (C=O) groups excluding carboxylic acids is 2. The number of amides is 2. The van der Waals surface area contributed by atoms with Gasteiger partial charge in [0.1, 0.15) is 11.9 Å². The number of para-hydroxylation sites is 1. The number of aromatic nitrogens is 2. The summed E-state index contributed by atoms with van der Waals surface area (Å²) in [4.78, 5) is 33.5. The van der Waals surface area contributed by atoms with Crippen LogP contribution in [-0.4, -0.2) is 35.1 Å². The molecular formula is C22H24ClN5O3. The van der Waals surface area contributed by atoms with E-state index >= 15 is 0 Å². The van der Waals surface area contributed by atoms with Gasteiger partial charge in [0.15, 0.2) is 5.82 Å². The number of urea groups is 1. The number of hydrogen-bond acceptors (Lipinski definition) is 6. The second-order valence-corrected chi connectivity index (χ2v) is 7.65. The van der Waals surface area contributed by atoms with Crippen molar-refractivity contribution in [3.63, 3.8) is 0 Å². The molecule has 0 radical (unpaired) electrons. The summed E-state index contributed by atoms with van der Waals surface area (Å²) >= 11 is 5.94. The molecule has 0 aliphatic rings. The molecule has 1 atom stereocenters. The first-order chi connectivity index (χ1) is 14.9. The van der Waals surface area contributed by atoms with Crippen molar-refractivity contribution in [2.75, 3.05) is 17.7 Å². The molecule has 0 bridgehead atoms. The highest BCUT2D eigenvalue weighted by molar-refractivity contribution is 6.30. The molecule has 3 aromatic rings. The molecular weight excluding hydrogens is 418 g/mol. The van der Waals surface area contributed by atoms with Crippen molar-refractivity contribution in [1.29, 1.82) is 0 Å². The number of benzene rings is 2. The van der Waals surface area contributed by atoms with Gasteiger partial charge in [-0.2, -0.15) is 0 Å². The molecule has 3 rings (SSSR count). The zero-order chi connectivity index (χ0) is 22.4. The Morgan fingerprint density at radius 3 is 2.58 bits per heavy atom. The summed E-state index contributed by atoms with van der Waals surface area (Å²) in [6, 6.07) is 13.3. The van der Waals surface area contributed by atoms with Crippen LogP contribution in [0.25, 0.3) is 10.9 Å². The van der Waals surface area contributed by atoms with Crippen molar-refractivity contribution in [2.45, 2.75) is 26.4 Å². The number of halogens is 1. The van der Waals surface area contributed by atoms with Gasteiger partial charge in [0.25, 0.3) is 0 Å². The second kappa shape index (κ2) is 10.1. The van der Waals surface area contributed by atoms with E-state index in [1.54, 1.807) is 24.3 Å². The van der Waals surface area contributed by atoms with Crippen LogP contribution >= 0.6 is 11.6 Å². The van der Waals surface area contributed by atoms with E-state index in [4.69, 9.17) is 16.3 Å². The van der Waals surface area contributed by atoms with E-state index in [0.29, 0.717) is 27.9 Å². The average Bonchev–Trinajstić information content (AvgIpc) is 2.75. The first kappa shape index (κ1) is 22.3. The minimum Gasteiger partial charge on any atom is -0.467 e. The van der Waals surface area contributed by atoms with Crippen LogP contribution in [-0.2, 0) is 16.1 Å². The third-order valence-electron chi connectivity index (χ3n) is 4.55. The van der Waals surface area contributed by atoms with Crippen molar-refractivity contribution < 1.29 is 14.3 Å². The van der Waals surface area contributed by atoms with Gasteiger partial charge < -0.3 is 20.7 Å². The Bertz CT molecular complexity index is 1090. The summed E-state index contributed by atoms with van der Waals surface area (Å²) in [5, 5.41) is 9.91. The lowest BCUT2D eigenvalue weighted by molar-refractivity contribution is -0.142. The lowest BCUT2D eigenvalue weighted by Gasteiger charge is -2.21. The predicted molar refractivity (Wildman–Crippen MR) is 121 cm³/mol. The number of nitrogens with zero attached hydrogens (tertiary/aromatic N) is 2. The third kappa shape index (κ3) is 5.82. The van der Waals surface area contributed by atoms with E-state index in [2.05, 4.69) is 25.9 Å². The number of hydrogen-bond donors (Lipinski definition) is 3. The van der Waals surface area contributed by atoms with Crippen molar-refractivity contribution in [3.8, 4) is 0 Å². The Morgan fingerprint density at radius 1 is 1.10 bits per heavy atom. The Balaban J connectivity index is 1.79. The highest BCUT2D eigenvalue weighted by Gasteiger charge is 2.24. The molecule has 0 saturated carbocycles. The zero-order valence-electron chi connectivity index (χ0n) is 17.5. The summed E-state index contributed by atoms with van der Waals surface area (Å²) in [5.41, 5.74) is 1.27. The largest absolute Gasteiger partial charge is 0.467 e. The molecule has 2 amide bonds. The number of nitrogens with one attached hydrogen (secondary N) is 3. The number of ether oxygens (including phenoxy) is 1. The molecule has 2 aromatic carbocycles. The number of rotatable bonds is 7. The Morgan fingerprint density at radius 2 is 1.87 bits per heavy atom. The quantitative estimate of drug-likeness (QED) is 0.474. The van der Waals surface area contributed by atoms with Gasteiger partial charge in [-0.25, -0.2) is 19.6 Å². The van der Waals surface area contributed by atoms with E-state index < -0.39 is 12.1 Å². The van der Waals surface area contributed by atoms with Crippen molar-refractivity contribution in [2.24, 2.45) is 5.92 Å². The Kier molecular flexibility index (Phi) is 7.25. The van der Waals surface area contributed by atoms with Gasteiger partial charge >= 0.3 is 12.0 Å². The molecule has 0 saturated heterocycles. The molecule has 162 valence electrons. The highest BCUT2D eigenvalue weighted by Crippen LogP contribution is 2.22. The van der Waals surface area contributed by atoms with Gasteiger partial charge in [-0.3, -0.25) is 0 Å². The normalized spacial score (nSPS) is 11.8. The molecule has 0 fully saturated rings. The molecule has 8 nitrogen and oxygen atoms in total. The van der Waals surface area contributed by atoms with Crippen LogP contribution in [0.4, 0.5) is 16.3 Å². The Labute approximate surface area is 185 Å². The maximum Gasteiger partial charge on any atom is 0.328 e. The SMILES string of the molecule is COC(=O)[C@@H](Nc1nc(CNC(=O)Nc2cccc(Cl)c2)nc2ccccc12)C(C)C. The number of esters is 1. The fourth-order valence-corrected chi connectivity index (χ4v) is 3.18. The second-order valence-electron chi connectivity index (χ2n) is 7.21. The van der Waals surface area contributed by atoms with E-state index in [9.17, 15) is 9.59 Å².